The van der Waals surface area contributed by atoms with E-state index < -0.39 is 0 Å². The molecule has 0 aliphatic carbocycles. The van der Waals surface area contributed by atoms with Gasteiger partial charge in [0, 0.05) is 19.3 Å². The van der Waals surface area contributed by atoms with Crippen molar-refractivity contribution >= 4 is 21.8 Å². The van der Waals surface area contributed by atoms with Crippen molar-refractivity contribution in [1.82, 2.24) is 14.7 Å². The number of nitrogens with zero attached hydrogens (tertiary/aromatic N) is 3. The third kappa shape index (κ3) is 2.92. The minimum absolute atomic E-state index is 0.0904. The highest BCUT2D eigenvalue weighted by atomic mass is 79.9. The van der Waals surface area contributed by atoms with Crippen LogP contribution in [0.1, 0.15) is 26.8 Å². The van der Waals surface area contributed by atoms with Gasteiger partial charge in [-0.15, -0.1) is 0 Å². The average Bonchev–Trinajstić information content (AvgIpc) is 2.72. The molecule has 18 heavy (non-hydrogen) atoms. The molecule has 2 heterocycles. The van der Waals surface area contributed by atoms with Crippen LogP contribution in [0.5, 0.6) is 0 Å². The Bertz CT molecular complexity index is 425. The fourth-order valence-electron chi connectivity index (χ4n) is 2.26. The average molecular weight is 316 g/mol. The van der Waals surface area contributed by atoms with Gasteiger partial charge < -0.3 is 9.64 Å². The largest absolute Gasteiger partial charge is 0.372 e. The van der Waals surface area contributed by atoms with Gasteiger partial charge in [-0.1, -0.05) is 0 Å². The highest BCUT2D eigenvalue weighted by molar-refractivity contribution is 9.10. The summed E-state index contributed by atoms with van der Waals surface area (Å²) in [5, 5.41) is 4.16. The third-order valence-electron chi connectivity index (χ3n) is 3.06. The van der Waals surface area contributed by atoms with Gasteiger partial charge in [-0.05, 0) is 36.7 Å². The number of carbonyl (C=O) groups excluding carboxylic acids is 1. The van der Waals surface area contributed by atoms with Crippen LogP contribution >= 0.6 is 15.9 Å². The molecule has 2 rings (SSSR count). The summed E-state index contributed by atoms with van der Waals surface area (Å²) in [4.78, 5) is 14.3. The Hall–Kier alpha value is -0.880. The summed E-state index contributed by atoms with van der Waals surface area (Å²) < 4.78 is 8.19. The molecule has 1 aromatic rings. The molecule has 6 heteroatoms. The van der Waals surface area contributed by atoms with Crippen LogP contribution in [0.3, 0.4) is 0 Å². The molecular formula is C12H18BrN3O2. The summed E-state index contributed by atoms with van der Waals surface area (Å²) >= 11 is 3.34. The first-order valence-electron chi connectivity index (χ1n) is 6.11. The monoisotopic (exact) mass is 315 g/mol. The molecule has 0 aromatic carbocycles. The summed E-state index contributed by atoms with van der Waals surface area (Å²) in [5.41, 5.74) is 0. The maximum Gasteiger partial charge on any atom is 0.247 e. The lowest BCUT2D eigenvalue weighted by molar-refractivity contribution is -0.146. The van der Waals surface area contributed by atoms with Crippen molar-refractivity contribution in [3.63, 3.8) is 0 Å². The molecule has 0 bridgehead atoms. The van der Waals surface area contributed by atoms with Crippen molar-refractivity contribution in [1.29, 1.82) is 0 Å². The Balaban J connectivity index is 2.06. The van der Waals surface area contributed by atoms with Crippen molar-refractivity contribution in [3.8, 4) is 0 Å². The molecule has 5 nitrogen and oxygen atoms in total. The van der Waals surface area contributed by atoms with E-state index in [9.17, 15) is 4.79 Å². The maximum atomic E-state index is 12.4. The van der Waals surface area contributed by atoms with E-state index in [1.54, 1.807) is 10.9 Å². The number of aromatic nitrogens is 2. The Labute approximate surface area is 115 Å². The number of morpholine rings is 1. The molecule has 1 amide bonds. The molecule has 1 aliphatic rings. The van der Waals surface area contributed by atoms with Crippen molar-refractivity contribution < 1.29 is 9.53 Å². The van der Waals surface area contributed by atoms with Crippen molar-refractivity contribution in [2.45, 2.75) is 39.0 Å². The van der Waals surface area contributed by atoms with Crippen LogP contribution in [0.2, 0.25) is 0 Å². The van der Waals surface area contributed by atoms with Crippen LogP contribution in [-0.2, 0) is 9.53 Å². The van der Waals surface area contributed by atoms with Gasteiger partial charge in [-0.3, -0.25) is 9.48 Å². The van der Waals surface area contributed by atoms with Crippen molar-refractivity contribution in [2.24, 2.45) is 0 Å². The molecule has 0 saturated carbocycles. The minimum Gasteiger partial charge on any atom is -0.372 e. The van der Waals surface area contributed by atoms with E-state index in [1.807, 2.05) is 31.9 Å². The number of ether oxygens (including phenoxy) is 1. The van der Waals surface area contributed by atoms with E-state index in [0.717, 1.165) is 4.47 Å². The quantitative estimate of drug-likeness (QED) is 0.836. The van der Waals surface area contributed by atoms with Crippen LogP contribution in [0, 0.1) is 0 Å². The SMILES string of the molecule is CC1CN(C(=O)C(C)n2cc(Br)cn2)CC(C)O1. The van der Waals surface area contributed by atoms with E-state index in [2.05, 4.69) is 21.0 Å². The number of rotatable bonds is 2. The first kappa shape index (κ1) is 13.5. The summed E-state index contributed by atoms with van der Waals surface area (Å²) in [7, 11) is 0. The maximum absolute atomic E-state index is 12.4. The summed E-state index contributed by atoms with van der Waals surface area (Å²) in [5.74, 6) is 0.0904. The number of amides is 1. The topological polar surface area (TPSA) is 47.4 Å². The van der Waals surface area contributed by atoms with E-state index >= 15 is 0 Å². The van der Waals surface area contributed by atoms with Gasteiger partial charge in [-0.2, -0.15) is 5.10 Å². The van der Waals surface area contributed by atoms with Crippen LogP contribution < -0.4 is 0 Å². The molecule has 3 unspecified atom stereocenters. The molecule has 1 saturated heterocycles. The van der Waals surface area contributed by atoms with Crippen LogP contribution in [-0.4, -0.2) is 45.9 Å². The van der Waals surface area contributed by atoms with E-state index in [-0.39, 0.29) is 24.2 Å². The van der Waals surface area contributed by atoms with Gasteiger partial charge in [0.05, 0.1) is 22.9 Å². The number of hydrogen-bond acceptors (Lipinski definition) is 3. The summed E-state index contributed by atoms with van der Waals surface area (Å²) in [6.07, 6.45) is 3.69. The Morgan fingerprint density at radius 1 is 1.50 bits per heavy atom. The van der Waals surface area contributed by atoms with Gasteiger partial charge in [0.15, 0.2) is 0 Å². The van der Waals surface area contributed by atoms with Gasteiger partial charge in [0.1, 0.15) is 6.04 Å². The molecule has 3 atom stereocenters. The predicted octanol–water partition coefficient (Wildman–Crippen LogP) is 1.84. The second-order valence-corrected chi connectivity index (χ2v) is 5.73. The first-order chi connectivity index (χ1) is 8.47. The molecule has 1 fully saturated rings. The second kappa shape index (κ2) is 5.40. The zero-order valence-corrected chi connectivity index (χ0v) is 12.4. The van der Waals surface area contributed by atoms with Gasteiger partial charge in [-0.25, -0.2) is 0 Å². The second-order valence-electron chi connectivity index (χ2n) is 4.82. The van der Waals surface area contributed by atoms with Crippen LogP contribution in [0.4, 0.5) is 0 Å². The molecule has 1 aliphatic heterocycles. The molecule has 1 aromatic heterocycles. The first-order valence-corrected chi connectivity index (χ1v) is 6.90. The van der Waals surface area contributed by atoms with Gasteiger partial charge in [0.25, 0.3) is 0 Å². The Morgan fingerprint density at radius 3 is 2.61 bits per heavy atom. The molecule has 100 valence electrons. The van der Waals surface area contributed by atoms with E-state index in [0.29, 0.717) is 13.1 Å². The smallest absolute Gasteiger partial charge is 0.247 e. The zero-order chi connectivity index (χ0) is 13.3. The highest BCUT2D eigenvalue weighted by Gasteiger charge is 2.29. The zero-order valence-electron chi connectivity index (χ0n) is 10.8. The number of halogens is 1. The Morgan fingerprint density at radius 2 is 2.11 bits per heavy atom. The molecule has 0 radical (unpaired) electrons. The lowest BCUT2D eigenvalue weighted by atomic mass is 10.2. The Kier molecular flexibility index (Phi) is 4.07. The molecular weight excluding hydrogens is 298 g/mol. The lowest BCUT2D eigenvalue weighted by Crippen LogP contribution is -2.50. The number of carbonyl (C=O) groups is 1. The van der Waals surface area contributed by atoms with Crippen LogP contribution in [0.15, 0.2) is 16.9 Å². The summed E-state index contributed by atoms with van der Waals surface area (Å²) in [6.45, 7) is 7.15. The molecule has 0 N–H and O–H groups in total. The third-order valence-corrected chi connectivity index (χ3v) is 3.46. The van der Waals surface area contributed by atoms with Crippen molar-refractivity contribution in [2.75, 3.05) is 13.1 Å². The fourth-order valence-corrected chi connectivity index (χ4v) is 2.56. The predicted molar refractivity (Wildman–Crippen MR) is 71.2 cm³/mol. The lowest BCUT2D eigenvalue weighted by Gasteiger charge is -2.36. The molecule has 0 spiro atoms. The van der Waals surface area contributed by atoms with Gasteiger partial charge >= 0.3 is 0 Å². The van der Waals surface area contributed by atoms with Crippen molar-refractivity contribution in [3.05, 3.63) is 16.9 Å². The number of hydrogen-bond donors (Lipinski definition) is 0. The summed E-state index contributed by atoms with van der Waals surface area (Å²) in [6, 6.07) is -0.284. The minimum atomic E-state index is -0.284. The van der Waals surface area contributed by atoms with Gasteiger partial charge in [0.2, 0.25) is 5.91 Å². The van der Waals surface area contributed by atoms with Crippen LogP contribution in [0.25, 0.3) is 0 Å². The van der Waals surface area contributed by atoms with E-state index in [1.165, 1.54) is 0 Å². The highest BCUT2D eigenvalue weighted by Crippen LogP contribution is 2.17. The normalized spacial score (nSPS) is 26.1. The fraction of sp³-hybridized carbons (Fsp3) is 0.667. The standard InChI is InChI=1S/C12H18BrN3O2/c1-8-5-15(6-9(2)18-8)12(17)10(3)16-7-11(13)4-14-16/h4,7-10H,5-6H2,1-3H3. The van der Waals surface area contributed by atoms with E-state index in [4.69, 9.17) is 4.74 Å².